The molecule has 0 amide bonds. The van der Waals surface area contributed by atoms with E-state index in [1.165, 1.54) is 43.8 Å². The van der Waals surface area contributed by atoms with Gasteiger partial charge in [0.1, 0.15) is 0 Å². The van der Waals surface area contributed by atoms with Crippen molar-refractivity contribution < 1.29 is 21.6 Å². The Bertz CT molecular complexity index is 1640. The Morgan fingerprint density at radius 2 is 0.804 bits per heavy atom. The standard InChI is InChI=1S/2C15H11.2C6H5.2ClH.Ge.Zr/c2*1-2-7-12(6-1)15-11-5-9-13-8-3-4-10-14(13)15;2*1-2-4-6-5-3-1;;;;/h2*3-11H,1H2;2*1-5H;2*1H;;/q4*-1;;;;. The second-order valence-electron chi connectivity index (χ2n) is 9.63. The zero-order valence-corrected chi connectivity index (χ0v) is 31.6. The van der Waals surface area contributed by atoms with Crippen molar-refractivity contribution in [1.29, 1.82) is 0 Å². The number of hydrogen-bond acceptors (Lipinski definition) is 0. The van der Waals surface area contributed by atoms with E-state index in [-0.39, 0.29) is 24.8 Å². The van der Waals surface area contributed by atoms with Crippen LogP contribution in [0.15, 0.2) is 170 Å². The van der Waals surface area contributed by atoms with E-state index < -0.39 is 0 Å². The zero-order chi connectivity index (χ0) is 30.7. The molecule has 2 aliphatic rings. The van der Waals surface area contributed by atoms with Crippen LogP contribution < -0.4 is 0 Å². The summed E-state index contributed by atoms with van der Waals surface area (Å²) < 4.78 is 0. The van der Waals surface area contributed by atoms with Crippen molar-refractivity contribution in [1.82, 2.24) is 0 Å². The van der Waals surface area contributed by atoms with Crippen LogP contribution in [0.2, 0.25) is 0 Å². The van der Waals surface area contributed by atoms with Crippen molar-refractivity contribution >= 4 is 69.6 Å². The molecular weight excluding hydrogens is 739 g/mol. The second kappa shape index (κ2) is 23.2. The van der Waals surface area contributed by atoms with Gasteiger partial charge in [0.15, 0.2) is 0 Å². The van der Waals surface area contributed by atoms with Gasteiger partial charge < -0.3 is 0 Å². The maximum Gasteiger partial charge on any atom is -0.171 e. The van der Waals surface area contributed by atoms with Crippen molar-refractivity contribution in [3.63, 3.8) is 0 Å². The van der Waals surface area contributed by atoms with Crippen molar-refractivity contribution in [3.8, 4) is 0 Å². The summed E-state index contributed by atoms with van der Waals surface area (Å²) in [5.41, 5.74) is 5.23. The Morgan fingerprint density at radius 3 is 1.11 bits per heavy atom. The molecule has 0 saturated carbocycles. The predicted molar refractivity (Wildman–Crippen MR) is 200 cm³/mol. The first kappa shape index (κ1) is 39.0. The fourth-order valence-electron chi connectivity index (χ4n) is 4.81. The van der Waals surface area contributed by atoms with E-state index in [2.05, 4.69) is 146 Å². The SMILES string of the molecule is Cl.Cl.[C-]1=CC(c2cccc3ccccc23)=CC1.[C-]1=CC(c2cccc3ccccc23)=CC1.[Ge]=[Zr].[c-]1ccccc1.[c-]1ccccc1. The molecule has 0 spiro atoms. The van der Waals surface area contributed by atoms with Gasteiger partial charge in [-0.05, 0) is 21.5 Å². The zero-order valence-electron chi connectivity index (χ0n) is 25.4. The number of fused-ring (bicyclic) bond motifs is 2. The van der Waals surface area contributed by atoms with Crippen LogP contribution in [0.5, 0.6) is 0 Å². The molecule has 4 heteroatoms. The van der Waals surface area contributed by atoms with E-state index in [0.29, 0.717) is 0 Å². The number of allylic oxidation sites excluding steroid dienone is 8. The Hall–Kier alpha value is -3.19. The molecule has 0 fully saturated rings. The second-order valence-corrected chi connectivity index (χ2v) is 9.63. The molecule has 0 heterocycles. The Kier molecular flexibility index (Phi) is 19.6. The maximum atomic E-state index is 3.22. The van der Waals surface area contributed by atoms with Crippen molar-refractivity contribution in [3.05, 3.63) is 205 Å². The van der Waals surface area contributed by atoms with E-state index in [0.717, 1.165) is 12.8 Å². The van der Waals surface area contributed by atoms with Gasteiger partial charge in [-0.3, -0.25) is 12.2 Å². The molecule has 0 nitrogen and oxygen atoms in total. The third-order valence-corrected chi connectivity index (χ3v) is 6.81. The summed E-state index contributed by atoms with van der Waals surface area (Å²) >= 11 is 3.64. The summed E-state index contributed by atoms with van der Waals surface area (Å²) in [5.74, 6) is 0. The van der Waals surface area contributed by atoms with E-state index in [9.17, 15) is 0 Å². The molecule has 0 atom stereocenters. The summed E-state index contributed by atoms with van der Waals surface area (Å²) in [6, 6.07) is 54.9. The van der Waals surface area contributed by atoms with Crippen LogP contribution in [0.4, 0.5) is 0 Å². The fraction of sp³-hybridized carbons (Fsp3) is 0.0476. The van der Waals surface area contributed by atoms with Crippen LogP contribution in [0.3, 0.4) is 0 Å². The topological polar surface area (TPSA) is 0 Å². The fourth-order valence-corrected chi connectivity index (χ4v) is 4.81. The molecule has 46 heavy (non-hydrogen) atoms. The third-order valence-electron chi connectivity index (χ3n) is 6.81. The quantitative estimate of drug-likeness (QED) is 0.121. The van der Waals surface area contributed by atoms with Crippen LogP contribution in [-0.4, -0.2) is 12.1 Å². The monoisotopic (exact) mass is 772 g/mol. The summed E-state index contributed by atoms with van der Waals surface area (Å²) in [6.45, 7) is 0. The van der Waals surface area contributed by atoms with Crippen molar-refractivity contribution in [2.45, 2.75) is 12.8 Å². The molecule has 0 unspecified atom stereocenters. The molecule has 0 N–H and O–H groups in total. The normalized spacial score (nSPS) is 11.6. The van der Waals surface area contributed by atoms with Gasteiger partial charge in [0, 0.05) is 0 Å². The van der Waals surface area contributed by atoms with Gasteiger partial charge in [0.2, 0.25) is 0 Å². The number of halogens is 2. The summed E-state index contributed by atoms with van der Waals surface area (Å²) in [7, 11) is 0. The molecular formula is C42H34Cl2GeZr-4. The van der Waals surface area contributed by atoms with Crippen LogP contribution in [-0.2, 0) is 21.6 Å². The first-order valence-electron chi connectivity index (χ1n) is 14.5. The maximum absolute atomic E-state index is 3.22. The van der Waals surface area contributed by atoms with Gasteiger partial charge in [-0.1, -0.05) is 96.1 Å². The largest absolute Gasteiger partial charge is 0.184 e. The molecule has 0 saturated heterocycles. The molecule has 0 aromatic heterocycles. The third kappa shape index (κ3) is 12.2. The first-order valence-corrected chi connectivity index (χ1v) is 21.9. The Balaban J connectivity index is 0.000000222. The van der Waals surface area contributed by atoms with Crippen LogP contribution in [0, 0.1) is 24.3 Å². The van der Waals surface area contributed by atoms with Gasteiger partial charge >= 0.3 is 33.7 Å². The molecule has 8 rings (SSSR count). The Morgan fingerprint density at radius 1 is 0.435 bits per heavy atom. The van der Waals surface area contributed by atoms with Crippen LogP contribution >= 0.6 is 24.8 Å². The Labute approximate surface area is 306 Å². The van der Waals surface area contributed by atoms with Gasteiger partial charge in [-0.15, -0.1) is 37.7 Å². The predicted octanol–water partition coefficient (Wildman–Crippen LogP) is 11.4. The average molecular weight is 773 g/mol. The number of benzene rings is 6. The minimum absolute atomic E-state index is 0. The summed E-state index contributed by atoms with van der Waals surface area (Å²) in [4.78, 5) is 0. The molecule has 6 aromatic carbocycles. The number of hydrogen-bond donors (Lipinski definition) is 0. The first-order chi connectivity index (χ1) is 21.9. The molecule has 6 aromatic rings. The summed E-state index contributed by atoms with van der Waals surface area (Å²) in [6.07, 6.45) is 16.9. The van der Waals surface area contributed by atoms with E-state index in [1.807, 2.05) is 60.7 Å². The molecule has 0 aliphatic heterocycles. The average Bonchev–Trinajstić information content (AvgIpc) is 3.87. The minimum Gasteiger partial charge on any atom is -0.184 e. The van der Waals surface area contributed by atoms with Crippen molar-refractivity contribution in [2.75, 3.05) is 0 Å². The molecule has 2 radical (unpaired) electrons. The van der Waals surface area contributed by atoms with Gasteiger partial charge in [0.05, 0.1) is 0 Å². The van der Waals surface area contributed by atoms with E-state index >= 15 is 0 Å². The molecule has 0 bridgehead atoms. The number of rotatable bonds is 2. The van der Waals surface area contributed by atoms with E-state index in [1.54, 1.807) is 21.6 Å². The van der Waals surface area contributed by atoms with Crippen LogP contribution in [0.25, 0.3) is 32.7 Å². The van der Waals surface area contributed by atoms with Crippen LogP contribution in [0.1, 0.15) is 24.0 Å². The summed E-state index contributed by atoms with van der Waals surface area (Å²) in [5, 5.41) is 5.25. The molecule has 2 aliphatic carbocycles. The van der Waals surface area contributed by atoms with Gasteiger partial charge in [0.25, 0.3) is 0 Å². The van der Waals surface area contributed by atoms with Gasteiger partial charge in [-0.25, -0.2) is 12.2 Å². The van der Waals surface area contributed by atoms with Gasteiger partial charge in [-0.2, -0.15) is 96.1 Å². The smallest absolute Gasteiger partial charge is 0.171 e. The minimum atomic E-state index is 0. The van der Waals surface area contributed by atoms with E-state index in [4.69, 9.17) is 0 Å². The van der Waals surface area contributed by atoms with Crippen molar-refractivity contribution in [2.24, 2.45) is 0 Å². The molecule has 228 valence electrons.